The number of ether oxygens (including phenoxy) is 1. The van der Waals surface area contributed by atoms with Crippen molar-refractivity contribution >= 4 is 33.2 Å². The average Bonchev–Trinajstić information content (AvgIpc) is 2.37. The first kappa shape index (κ1) is 13.4. The molecule has 0 aliphatic rings. The molecule has 0 unspecified atom stereocenters. The normalized spacial score (nSPS) is 10.6. The third-order valence-electron chi connectivity index (χ3n) is 2.55. The molecule has 0 aromatic heterocycles. The molecule has 2 N–H and O–H groups in total. The standard InChI is InChI=1S/C14H13BrClNO/c15-14-11(2-1-3-13(14)17)9-18-8-10-4-6-12(16)7-5-10/h1-7H,8-9,17H2. The van der Waals surface area contributed by atoms with Crippen LogP contribution in [0.3, 0.4) is 0 Å². The molecule has 0 aliphatic heterocycles. The van der Waals surface area contributed by atoms with Crippen LogP contribution in [0.1, 0.15) is 11.1 Å². The van der Waals surface area contributed by atoms with Crippen molar-refractivity contribution in [3.8, 4) is 0 Å². The lowest BCUT2D eigenvalue weighted by Crippen LogP contribution is -1.97. The van der Waals surface area contributed by atoms with Gasteiger partial charge in [0, 0.05) is 15.2 Å². The van der Waals surface area contributed by atoms with E-state index in [1.54, 1.807) is 0 Å². The number of anilines is 1. The summed E-state index contributed by atoms with van der Waals surface area (Å²) in [5, 5.41) is 0.734. The van der Waals surface area contributed by atoms with Crippen molar-refractivity contribution in [1.82, 2.24) is 0 Å². The van der Waals surface area contributed by atoms with Gasteiger partial charge in [-0.3, -0.25) is 0 Å². The average molecular weight is 327 g/mol. The zero-order chi connectivity index (χ0) is 13.0. The number of rotatable bonds is 4. The molecule has 0 saturated carbocycles. The van der Waals surface area contributed by atoms with E-state index in [2.05, 4.69) is 15.9 Å². The molecular formula is C14H13BrClNO. The van der Waals surface area contributed by atoms with Crippen molar-refractivity contribution in [3.63, 3.8) is 0 Å². The first-order valence-electron chi connectivity index (χ1n) is 5.52. The fourth-order valence-corrected chi connectivity index (χ4v) is 2.08. The first-order chi connectivity index (χ1) is 8.66. The van der Waals surface area contributed by atoms with Crippen LogP contribution in [-0.2, 0) is 18.0 Å². The Balaban J connectivity index is 1.92. The van der Waals surface area contributed by atoms with E-state index in [0.29, 0.717) is 13.2 Å². The van der Waals surface area contributed by atoms with Crippen LogP contribution >= 0.6 is 27.5 Å². The summed E-state index contributed by atoms with van der Waals surface area (Å²) in [6.45, 7) is 1.08. The number of benzene rings is 2. The zero-order valence-electron chi connectivity index (χ0n) is 9.70. The maximum atomic E-state index is 5.82. The summed E-state index contributed by atoms with van der Waals surface area (Å²) in [4.78, 5) is 0. The van der Waals surface area contributed by atoms with E-state index in [1.807, 2.05) is 42.5 Å². The number of halogens is 2. The van der Waals surface area contributed by atoms with Gasteiger partial charge in [-0.1, -0.05) is 35.9 Å². The highest BCUT2D eigenvalue weighted by Crippen LogP contribution is 2.24. The summed E-state index contributed by atoms with van der Waals surface area (Å²) in [5.41, 5.74) is 8.67. The summed E-state index contributed by atoms with van der Waals surface area (Å²) >= 11 is 9.27. The third kappa shape index (κ3) is 3.48. The van der Waals surface area contributed by atoms with Gasteiger partial charge in [0.05, 0.1) is 13.2 Å². The second kappa shape index (κ2) is 6.23. The van der Waals surface area contributed by atoms with Gasteiger partial charge in [0.25, 0.3) is 0 Å². The Bertz CT molecular complexity index is 528. The second-order valence-electron chi connectivity index (χ2n) is 3.94. The highest BCUT2D eigenvalue weighted by Gasteiger charge is 2.03. The highest BCUT2D eigenvalue weighted by molar-refractivity contribution is 9.10. The molecule has 0 bridgehead atoms. The van der Waals surface area contributed by atoms with Crippen LogP contribution < -0.4 is 5.73 Å². The van der Waals surface area contributed by atoms with E-state index < -0.39 is 0 Å². The third-order valence-corrected chi connectivity index (χ3v) is 3.77. The van der Waals surface area contributed by atoms with Crippen LogP contribution in [0.4, 0.5) is 5.69 Å². The predicted octanol–water partition coefficient (Wildman–Crippen LogP) is 4.40. The van der Waals surface area contributed by atoms with Crippen LogP contribution in [-0.4, -0.2) is 0 Å². The van der Waals surface area contributed by atoms with E-state index in [4.69, 9.17) is 22.1 Å². The van der Waals surface area contributed by atoms with Gasteiger partial charge < -0.3 is 10.5 Å². The Labute approximate surface area is 120 Å². The van der Waals surface area contributed by atoms with Crippen molar-refractivity contribution < 1.29 is 4.74 Å². The molecule has 18 heavy (non-hydrogen) atoms. The van der Waals surface area contributed by atoms with E-state index in [0.717, 1.165) is 26.3 Å². The summed E-state index contributed by atoms with van der Waals surface area (Å²) in [6.07, 6.45) is 0. The summed E-state index contributed by atoms with van der Waals surface area (Å²) in [7, 11) is 0. The van der Waals surface area contributed by atoms with Gasteiger partial charge in [0.2, 0.25) is 0 Å². The molecule has 2 aromatic carbocycles. The summed E-state index contributed by atoms with van der Waals surface area (Å²) in [6, 6.07) is 13.4. The Morgan fingerprint density at radius 3 is 2.50 bits per heavy atom. The minimum absolute atomic E-state index is 0.522. The first-order valence-corrected chi connectivity index (χ1v) is 6.69. The molecule has 0 saturated heterocycles. The predicted molar refractivity (Wildman–Crippen MR) is 78.5 cm³/mol. The molecule has 0 spiro atoms. The molecule has 94 valence electrons. The van der Waals surface area contributed by atoms with Gasteiger partial charge in [-0.15, -0.1) is 0 Å². The van der Waals surface area contributed by atoms with Gasteiger partial charge in [0.1, 0.15) is 0 Å². The SMILES string of the molecule is Nc1cccc(COCc2ccc(Cl)cc2)c1Br. The van der Waals surface area contributed by atoms with Gasteiger partial charge in [0.15, 0.2) is 0 Å². The quantitative estimate of drug-likeness (QED) is 0.845. The van der Waals surface area contributed by atoms with E-state index in [-0.39, 0.29) is 0 Å². The molecule has 0 radical (unpaired) electrons. The molecule has 0 atom stereocenters. The van der Waals surface area contributed by atoms with Crippen molar-refractivity contribution in [2.24, 2.45) is 0 Å². The topological polar surface area (TPSA) is 35.2 Å². The van der Waals surface area contributed by atoms with Crippen molar-refractivity contribution in [3.05, 3.63) is 63.1 Å². The number of nitrogen functional groups attached to an aromatic ring is 1. The number of hydrogen-bond acceptors (Lipinski definition) is 2. The maximum Gasteiger partial charge on any atom is 0.0733 e. The van der Waals surface area contributed by atoms with Gasteiger partial charge in [-0.2, -0.15) is 0 Å². The second-order valence-corrected chi connectivity index (χ2v) is 5.17. The van der Waals surface area contributed by atoms with Crippen LogP contribution in [0.25, 0.3) is 0 Å². The lowest BCUT2D eigenvalue weighted by Gasteiger charge is -2.08. The molecule has 0 heterocycles. The van der Waals surface area contributed by atoms with Crippen LogP contribution in [0.15, 0.2) is 46.9 Å². The van der Waals surface area contributed by atoms with E-state index in [9.17, 15) is 0 Å². The van der Waals surface area contributed by atoms with Crippen LogP contribution in [0.5, 0.6) is 0 Å². The molecule has 2 nitrogen and oxygen atoms in total. The Kier molecular flexibility index (Phi) is 4.64. The summed E-state index contributed by atoms with van der Waals surface area (Å²) in [5.74, 6) is 0. The van der Waals surface area contributed by atoms with Gasteiger partial charge in [-0.25, -0.2) is 0 Å². The van der Waals surface area contributed by atoms with Crippen molar-refractivity contribution in [1.29, 1.82) is 0 Å². The Morgan fingerprint density at radius 2 is 1.78 bits per heavy atom. The molecule has 0 amide bonds. The lowest BCUT2D eigenvalue weighted by atomic mass is 10.2. The summed E-state index contributed by atoms with van der Waals surface area (Å²) < 4.78 is 6.56. The largest absolute Gasteiger partial charge is 0.398 e. The monoisotopic (exact) mass is 325 g/mol. The molecular weight excluding hydrogens is 314 g/mol. The molecule has 0 aliphatic carbocycles. The number of nitrogens with two attached hydrogens (primary N) is 1. The minimum atomic E-state index is 0.522. The van der Waals surface area contributed by atoms with Crippen molar-refractivity contribution in [2.45, 2.75) is 13.2 Å². The number of hydrogen-bond donors (Lipinski definition) is 1. The highest BCUT2D eigenvalue weighted by atomic mass is 79.9. The van der Waals surface area contributed by atoms with E-state index >= 15 is 0 Å². The molecule has 2 rings (SSSR count). The molecule has 2 aromatic rings. The van der Waals surface area contributed by atoms with E-state index in [1.165, 1.54) is 0 Å². The Hall–Kier alpha value is -1.03. The maximum absolute atomic E-state index is 5.82. The Morgan fingerprint density at radius 1 is 1.06 bits per heavy atom. The van der Waals surface area contributed by atoms with Crippen LogP contribution in [0.2, 0.25) is 5.02 Å². The lowest BCUT2D eigenvalue weighted by molar-refractivity contribution is 0.107. The minimum Gasteiger partial charge on any atom is -0.398 e. The van der Waals surface area contributed by atoms with Crippen LogP contribution in [0, 0.1) is 0 Å². The zero-order valence-corrected chi connectivity index (χ0v) is 12.0. The fraction of sp³-hybridized carbons (Fsp3) is 0.143. The molecule has 4 heteroatoms. The van der Waals surface area contributed by atoms with Gasteiger partial charge >= 0.3 is 0 Å². The van der Waals surface area contributed by atoms with Crippen molar-refractivity contribution in [2.75, 3.05) is 5.73 Å². The fourth-order valence-electron chi connectivity index (χ4n) is 1.57. The molecule has 0 fully saturated rings. The smallest absolute Gasteiger partial charge is 0.0733 e. The van der Waals surface area contributed by atoms with Gasteiger partial charge in [-0.05, 0) is 45.3 Å².